The Kier molecular flexibility index (Phi) is 6.31. The number of halogens is 3. The minimum absolute atomic E-state index is 0.0169. The van der Waals surface area contributed by atoms with Gasteiger partial charge in [0.15, 0.2) is 5.11 Å². The molecule has 0 aliphatic carbocycles. The van der Waals surface area contributed by atoms with Crippen molar-refractivity contribution >= 4 is 78.7 Å². The molecule has 2 aromatic carbocycles. The van der Waals surface area contributed by atoms with Crippen molar-refractivity contribution in [1.29, 1.82) is 0 Å². The van der Waals surface area contributed by atoms with E-state index in [2.05, 4.69) is 42.5 Å². The monoisotopic (exact) mass is 528 g/mol. The fourth-order valence-electron chi connectivity index (χ4n) is 2.34. The van der Waals surface area contributed by atoms with Gasteiger partial charge in [0.1, 0.15) is 17.9 Å². The lowest BCUT2D eigenvalue weighted by molar-refractivity contribution is -0.123. The first kappa shape index (κ1) is 20.0. The number of ether oxygens (including phenoxy) is 1. The van der Waals surface area contributed by atoms with Crippen molar-refractivity contribution in [2.75, 3.05) is 0 Å². The highest BCUT2D eigenvalue weighted by Crippen LogP contribution is 2.35. The fourth-order valence-corrected chi connectivity index (χ4v) is 4.02. The quantitative estimate of drug-likeness (QED) is 0.350. The SMILES string of the molecule is O=C1NC(=S)NC(=O)C1=Cc1cc(Br)cc(Br)c1OCc1ccc(Cl)cc1. The van der Waals surface area contributed by atoms with Crippen molar-refractivity contribution in [3.8, 4) is 5.75 Å². The van der Waals surface area contributed by atoms with Crippen molar-refractivity contribution in [3.63, 3.8) is 0 Å². The molecular formula is C18H11Br2ClN2O3S. The van der Waals surface area contributed by atoms with E-state index in [1.54, 1.807) is 18.2 Å². The fraction of sp³-hybridized carbons (Fsp3) is 0.0556. The molecule has 0 radical (unpaired) electrons. The lowest BCUT2D eigenvalue weighted by Crippen LogP contribution is -2.51. The third-order valence-electron chi connectivity index (χ3n) is 3.58. The molecule has 0 atom stereocenters. The summed E-state index contributed by atoms with van der Waals surface area (Å²) in [5, 5.41) is 5.44. The lowest BCUT2D eigenvalue weighted by atomic mass is 10.1. The molecule has 0 spiro atoms. The Balaban J connectivity index is 1.94. The van der Waals surface area contributed by atoms with Gasteiger partial charge in [-0.25, -0.2) is 0 Å². The van der Waals surface area contributed by atoms with E-state index in [9.17, 15) is 9.59 Å². The molecular weight excluding hydrogens is 520 g/mol. The van der Waals surface area contributed by atoms with E-state index < -0.39 is 11.8 Å². The molecule has 2 amide bonds. The number of rotatable bonds is 4. The number of amides is 2. The summed E-state index contributed by atoms with van der Waals surface area (Å²) in [6, 6.07) is 10.8. The predicted molar refractivity (Wildman–Crippen MR) is 114 cm³/mol. The Morgan fingerprint density at radius 1 is 1.07 bits per heavy atom. The van der Waals surface area contributed by atoms with E-state index in [1.807, 2.05) is 18.2 Å². The third kappa shape index (κ3) is 4.95. The van der Waals surface area contributed by atoms with Crippen LogP contribution in [0.2, 0.25) is 5.02 Å². The highest BCUT2D eigenvalue weighted by atomic mass is 79.9. The molecule has 5 nitrogen and oxygen atoms in total. The summed E-state index contributed by atoms with van der Waals surface area (Å²) in [7, 11) is 0. The largest absolute Gasteiger partial charge is 0.487 e. The van der Waals surface area contributed by atoms with Crippen LogP contribution < -0.4 is 15.4 Å². The van der Waals surface area contributed by atoms with Crippen LogP contribution in [0.15, 0.2) is 50.9 Å². The van der Waals surface area contributed by atoms with Gasteiger partial charge in [-0.1, -0.05) is 39.7 Å². The van der Waals surface area contributed by atoms with Crippen LogP contribution in [0.3, 0.4) is 0 Å². The van der Waals surface area contributed by atoms with Crippen molar-refractivity contribution in [2.24, 2.45) is 0 Å². The van der Waals surface area contributed by atoms with Crippen LogP contribution in [0.25, 0.3) is 6.08 Å². The van der Waals surface area contributed by atoms with E-state index in [4.69, 9.17) is 28.6 Å². The Morgan fingerprint density at radius 3 is 2.33 bits per heavy atom. The van der Waals surface area contributed by atoms with Gasteiger partial charge in [0.2, 0.25) is 0 Å². The number of benzene rings is 2. The minimum atomic E-state index is -0.566. The Labute approximate surface area is 182 Å². The number of carbonyl (C=O) groups is 2. The molecule has 1 saturated heterocycles. The van der Waals surface area contributed by atoms with Crippen LogP contribution in [-0.2, 0) is 16.2 Å². The first-order valence-electron chi connectivity index (χ1n) is 7.58. The molecule has 9 heteroatoms. The zero-order valence-electron chi connectivity index (χ0n) is 13.5. The Bertz CT molecular complexity index is 955. The molecule has 0 unspecified atom stereocenters. The van der Waals surface area contributed by atoms with Gasteiger partial charge in [-0.2, -0.15) is 0 Å². The van der Waals surface area contributed by atoms with Crippen LogP contribution in [0.1, 0.15) is 11.1 Å². The van der Waals surface area contributed by atoms with Crippen molar-refractivity contribution < 1.29 is 14.3 Å². The topological polar surface area (TPSA) is 67.4 Å². The van der Waals surface area contributed by atoms with Crippen LogP contribution in [0, 0.1) is 0 Å². The number of carbonyl (C=O) groups excluding carboxylic acids is 2. The summed E-state index contributed by atoms with van der Waals surface area (Å²) in [5.41, 5.74) is 1.41. The van der Waals surface area contributed by atoms with Gasteiger partial charge in [0, 0.05) is 15.1 Å². The second-order valence-electron chi connectivity index (χ2n) is 5.52. The lowest BCUT2D eigenvalue weighted by Gasteiger charge is -2.17. The van der Waals surface area contributed by atoms with Gasteiger partial charge in [-0.15, -0.1) is 0 Å². The van der Waals surface area contributed by atoms with Crippen molar-refractivity contribution in [2.45, 2.75) is 6.61 Å². The Hall–Kier alpha value is -1.74. The summed E-state index contributed by atoms with van der Waals surface area (Å²) < 4.78 is 7.37. The molecule has 27 heavy (non-hydrogen) atoms. The number of hydrogen-bond acceptors (Lipinski definition) is 4. The molecule has 0 bridgehead atoms. The summed E-state index contributed by atoms with van der Waals surface area (Å²) in [5.74, 6) is -0.638. The van der Waals surface area contributed by atoms with E-state index in [1.165, 1.54) is 6.08 Å². The zero-order valence-corrected chi connectivity index (χ0v) is 18.3. The molecule has 0 saturated carbocycles. The normalized spacial score (nSPS) is 13.9. The molecule has 0 aromatic heterocycles. The highest BCUT2D eigenvalue weighted by Gasteiger charge is 2.26. The van der Waals surface area contributed by atoms with Crippen molar-refractivity contribution in [3.05, 3.63) is 67.1 Å². The van der Waals surface area contributed by atoms with E-state index in [-0.39, 0.29) is 17.3 Å². The van der Waals surface area contributed by atoms with Crippen molar-refractivity contribution in [1.82, 2.24) is 10.6 Å². The molecule has 138 valence electrons. The maximum atomic E-state index is 12.1. The number of hydrogen-bond donors (Lipinski definition) is 2. The summed E-state index contributed by atoms with van der Waals surface area (Å²) in [6.45, 7) is 0.288. The molecule has 2 N–H and O–H groups in total. The molecule has 1 aliphatic heterocycles. The first-order chi connectivity index (χ1) is 12.8. The minimum Gasteiger partial charge on any atom is -0.487 e. The van der Waals surface area contributed by atoms with Gasteiger partial charge in [-0.3, -0.25) is 20.2 Å². The van der Waals surface area contributed by atoms with Crippen LogP contribution in [-0.4, -0.2) is 16.9 Å². The van der Waals surface area contributed by atoms with Gasteiger partial charge in [-0.05, 0) is 64.1 Å². The van der Waals surface area contributed by atoms with Gasteiger partial charge >= 0.3 is 0 Å². The zero-order chi connectivity index (χ0) is 19.6. The van der Waals surface area contributed by atoms with E-state index in [0.717, 1.165) is 10.0 Å². The van der Waals surface area contributed by atoms with Crippen LogP contribution >= 0.6 is 55.7 Å². The van der Waals surface area contributed by atoms with Crippen LogP contribution in [0.5, 0.6) is 5.75 Å². The van der Waals surface area contributed by atoms with Crippen LogP contribution in [0.4, 0.5) is 0 Å². The molecule has 1 aliphatic rings. The molecule has 3 rings (SSSR count). The van der Waals surface area contributed by atoms with Gasteiger partial charge in [0.05, 0.1) is 4.47 Å². The van der Waals surface area contributed by atoms with E-state index in [0.29, 0.717) is 20.8 Å². The maximum absolute atomic E-state index is 12.1. The highest BCUT2D eigenvalue weighted by molar-refractivity contribution is 9.11. The summed E-state index contributed by atoms with van der Waals surface area (Å²) in [4.78, 5) is 24.2. The predicted octanol–water partition coefficient (Wildman–Crippen LogP) is 4.36. The van der Waals surface area contributed by atoms with Gasteiger partial charge < -0.3 is 4.74 Å². The average molecular weight is 531 g/mol. The summed E-state index contributed by atoms with van der Waals surface area (Å²) >= 11 is 17.6. The molecule has 1 fully saturated rings. The summed E-state index contributed by atoms with van der Waals surface area (Å²) in [6.07, 6.45) is 1.46. The smallest absolute Gasteiger partial charge is 0.263 e. The number of nitrogens with one attached hydrogen (secondary N) is 2. The molecule has 2 aromatic rings. The van der Waals surface area contributed by atoms with Gasteiger partial charge in [0.25, 0.3) is 11.8 Å². The molecule has 1 heterocycles. The maximum Gasteiger partial charge on any atom is 0.263 e. The standard InChI is InChI=1S/C18H11Br2ClN2O3S/c19-11-5-10(6-13-16(24)22-18(27)23-17(13)25)15(14(20)7-11)26-8-9-1-3-12(21)4-2-9/h1-7H,8H2,(H2,22,23,24,25,27). The second kappa shape index (κ2) is 8.52. The average Bonchev–Trinajstić information content (AvgIpc) is 2.58. The number of thiocarbonyl (C=S) groups is 1. The second-order valence-corrected chi connectivity index (χ2v) is 8.13. The Morgan fingerprint density at radius 2 is 1.70 bits per heavy atom. The first-order valence-corrected chi connectivity index (χ1v) is 9.95. The third-order valence-corrected chi connectivity index (χ3v) is 5.08. The van der Waals surface area contributed by atoms with E-state index >= 15 is 0 Å².